The van der Waals surface area contributed by atoms with E-state index in [1.165, 1.54) is 16.0 Å². The third-order valence-electron chi connectivity index (χ3n) is 4.14. The van der Waals surface area contributed by atoms with Crippen molar-refractivity contribution in [3.05, 3.63) is 57.8 Å². The van der Waals surface area contributed by atoms with Gasteiger partial charge in [-0.1, -0.05) is 44.2 Å². The topological polar surface area (TPSA) is 45.6 Å². The molecule has 0 aliphatic carbocycles. The van der Waals surface area contributed by atoms with E-state index < -0.39 is 0 Å². The van der Waals surface area contributed by atoms with Gasteiger partial charge in [0.25, 0.3) is 0 Å². The quantitative estimate of drug-likeness (QED) is 0.554. The van der Waals surface area contributed by atoms with E-state index in [4.69, 9.17) is 4.74 Å². The molecule has 4 nitrogen and oxygen atoms in total. The second-order valence-electron chi connectivity index (χ2n) is 6.55. The van der Waals surface area contributed by atoms with Crippen LogP contribution in [0.1, 0.15) is 36.8 Å². The summed E-state index contributed by atoms with van der Waals surface area (Å²) in [5.74, 6) is 0.816. The Morgan fingerprint density at radius 3 is 2.52 bits per heavy atom. The summed E-state index contributed by atoms with van der Waals surface area (Å²) in [6.45, 7) is 9.43. The lowest BCUT2D eigenvalue weighted by molar-refractivity contribution is 0.133. The Morgan fingerprint density at radius 1 is 1.12 bits per heavy atom. The van der Waals surface area contributed by atoms with E-state index in [1.807, 2.05) is 6.92 Å². The Kier molecular flexibility index (Phi) is 7.47. The van der Waals surface area contributed by atoms with Crippen LogP contribution in [0.4, 0.5) is 0 Å². The van der Waals surface area contributed by atoms with Gasteiger partial charge in [-0.2, -0.15) is 0 Å². The maximum absolute atomic E-state index is 5.55. The van der Waals surface area contributed by atoms with Gasteiger partial charge in [-0.3, -0.25) is 4.99 Å². The van der Waals surface area contributed by atoms with E-state index >= 15 is 0 Å². The van der Waals surface area contributed by atoms with Crippen molar-refractivity contribution in [2.75, 3.05) is 20.2 Å². The van der Waals surface area contributed by atoms with Crippen LogP contribution in [0.2, 0.25) is 0 Å². The van der Waals surface area contributed by atoms with Gasteiger partial charge < -0.3 is 15.4 Å². The van der Waals surface area contributed by atoms with E-state index in [0.717, 1.165) is 25.7 Å². The van der Waals surface area contributed by atoms with E-state index in [1.54, 1.807) is 18.4 Å². The molecule has 1 aromatic heterocycles. The average Bonchev–Trinajstić information content (AvgIpc) is 3.16. The van der Waals surface area contributed by atoms with Gasteiger partial charge in [-0.15, -0.1) is 11.3 Å². The summed E-state index contributed by atoms with van der Waals surface area (Å²) in [5.41, 5.74) is 2.51. The molecule has 2 N–H and O–H groups in total. The summed E-state index contributed by atoms with van der Waals surface area (Å²) in [5, 5.41) is 8.98. The van der Waals surface area contributed by atoms with Gasteiger partial charge in [0.15, 0.2) is 5.96 Å². The molecule has 0 radical (unpaired) electrons. The Balaban J connectivity index is 1.91. The molecule has 25 heavy (non-hydrogen) atoms. The van der Waals surface area contributed by atoms with E-state index in [2.05, 4.69) is 71.3 Å². The minimum atomic E-state index is 0.0681. The van der Waals surface area contributed by atoms with Crippen molar-refractivity contribution >= 4 is 17.3 Å². The Hall–Kier alpha value is -1.85. The van der Waals surface area contributed by atoms with Crippen LogP contribution in [-0.2, 0) is 23.3 Å². The maximum atomic E-state index is 5.55. The molecular weight excluding hydrogens is 330 g/mol. The highest BCUT2D eigenvalue weighted by Gasteiger charge is 2.21. The molecule has 1 aromatic carbocycles. The second-order valence-corrected chi connectivity index (χ2v) is 7.49. The van der Waals surface area contributed by atoms with Crippen molar-refractivity contribution in [1.82, 2.24) is 10.6 Å². The first-order valence-corrected chi connectivity index (χ1v) is 9.58. The molecule has 2 aromatic rings. The number of guanidine groups is 1. The molecule has 0 saturated heterocycles. The Labute approximate surface area is 155 Å². The van der Waals surface area contributed by atoms with Crippen LogP contribution in [0, 0.1) is 0 Å². The van der Waals surface area contributed by atoms with Gasteiger partial charge in [0.1, 0.15) is 0 Å². The van der Waals surface area contributed by atoms with Crippen LogP contribution in [-0.4, -0.2) is 26.2 Å². The van der Waals surface area contributed by atoms with Crippen molar-refractivity contribution in [3.8, 4) is 0 Å². The molecule has 0 unspecified atom stereocenters. The highest BCUT2D eigenvalue weighted by molar-refractivity contribution is 7.10. The minimum absolute atomic E-state index is 0.0681. The summed E-state index contributed by atoms with van der Waals surface area (Å²) in [6.07, 6.45) is 0. The first-order chi connectivity index (χ1) is 12.1. The number of ether oxygens (including phenoxy) is 1. The number of aliphatic imine (C=N–C) groups is 1. The molecule has 0 aliphatic heterocycles. The van der Waals surface area contributed by atoms with Crippen molar-refractivity contribution in [1.29, 1.82) is 0 Å². The van der Waals surface area contributed by atoms with Crippen molar-refractivity contribution in [2.45, 2.75) is 39.3 Å². The number of thiophene rings is 1. The predicted octanol–water partition coefficient (Wildman–Crippen LogP) is 3.93. The molecule has 2 rings (SSSR count). The van der Waals surface area contributed by atoms with Crippen LogP contribution < -0.4 is 10.6 Å². The third kappa shape index (κ3) is 5.87. The summed E-state index contributed by atoms with van der Waals surface area (Å²) in [6, 6.07) is 12.6. The fourth-order valence-electron chi connectivity index (χ4n) is 2.54. The predicted molar refractivity (Wildman–Crippen MR) is 107 cm³/mol. The van der Waals surface area contributed by atoms with Crippen LogP contribution >= 0.6 is 11.3 Å². The van der Waals surface area contributed by atoms with E-state index in [-0.39, 0.29) is 5.41 Å². The molecule has 1 heterocycles. The minimum Gasteiger partial charge on any atom is -0.377 e. The molecule has 0 bridgehead atoms. The first kappa shape index (κ1) is 19.5. The van der Waals surface area contributed by atoms with Crippen molar-refractivity contribution < 1.29 is 4.74 Å². The molecule has 0 amide bonds. The SMILES string of the molecule is CCOCc1ccccc1CNC(=NC)NCC(C)(C)c1cccs1. The van der Waals surface area contributed by atoms with Gasteiger partial charge in [0, 0.05) is 37.0 Å². The van der Waals surface area contributed by atoms with Crippen molar-refractivity contribution in [3.63, 3.8) is 0 Å². The lowest BCUT2D eigenvalue weighted by atomic mass is 9.91. The van der Waals surface area contributed by atoms with E-state index in [9.17, 15) is 0 Å². The lowest BCUT2D eigenvalue weighted by Gasteiger charge is -2.25. The van der Waals surface area contributed by atoms with Crippen LogP contribution in [0.3, 0.4) is 0 Å². The van der Waals surface area contributed by atoms with Gasteiger partial charge in [-0.05, 0) is 29.5 Å². The normalized spacial score (nSPS) is 12.2. The summed E-state index contributed by atoms with van der Waals surface area (Å²) < 4.78 is 5.55. The average molecular weight is 360 g/mol. The Bertz CT molecular complexity index is 665. The monoisotopic (exact) mass is 359 g/mol. The summed E-state index contributed by atoms with van der Waals surface area (Å²) in [7, 11) is 1.81. The number of nitrogens with zero attached hydrogens (tertiary/aromatic N) is 1. The highest BCUT2D eigenvalue weighted by Crippen LogP contribution is 2.26. The van der Waals surface area contributed by atoms with Gasteiger partial charge in [0.2, 0.25) is 0 Å². The van der Waals surface area contributed by atoms with Gasteiger partial charge in [-0.25, -0.2) is 0 Å². The molecule has 136 valence electrons. The smallest absolute Gasteiger partial charge is 0.191 e. The molecule has 0 fully saturated rings. The fraction of sp³-hybridized carbons (Fsp3) is 0.450. The number of hydrogen-bond donors (Lipinski definition) is 2. The van der Waals surface area contributed by atoms with Crippen LogP contribution in [0.25, 0.3) is 0 Å². The molecular formula is C20H29N3OS. The lowest BCUT2D eigenvalue weighted by Crippen LogP contribution is -2.43. The fourth-order valence-corrected chi connectivity index (χ4v) is 3.39. The second kappa shape index (κ2) is 9.59. The number of rotatable bonds is 8. The first-order valence-electron chi connectivity index (χ1n) is 8.70. The number of nitrogens with one attached hydrogen (secondary N) is 2. The third-order valence-corrected chi connectivity index (χ3v) is 5.37. The largest absolute Gasteiger partial charge is 0.377 e. The van der Waals surface area contributed by atoms with Gasteiger partial charge >= 0.3 is 0 Å². The van der Waals surface area contributed by atoms with Gasteiger partial charge in [0.05, 0.1) is 6.61 Å². The summed E-state index contributed by atoms with van der Waals surface area (Å²) in [4.78, 5) is 5.72. The zero-order chi connectivity index (χ0) is 18.1. The molecule has 0 atom stereocenters. The maximum Gasteiger partial charge on any atom is 0.191 e. The number of hydrogen-bond acceptors (Lipinski definition) is 3. The summed E-state index contributed by atoms with van der Waals surface area (Å²) >= 11 is 1.79. The van der Waals surface area contributed by atoms with Crippen molar-refractivity contribution in [2.24, 2.45) is 4.99 Å². The van der Waals surface area contributed by atoms with Crippen LogP contribution in [0.5, 0.6) is 0 Å². The number of benzene rings is 1. The Morgan fingerprint density at radius 2 is 1.88 bits per heavy atom. The van der Waals surface area contributed by atoms with E-state index in [0.29, 0.717) is 6.61 Å². The van der Waals surface area contributed by atoms with Crippen LogP contribution in [0.15, 0.2) is 46.8 Å². The molecule has 0 aliphatic rings. The highest BCUT2D eigenvalue weighted by atomic mass is 32.1. The zero-order valence-electron chi connectivity index (χ0n) is 15.6. The molecule has 0 spiro atoms. The standard InChI is InChI=1S/C20H29N3OS/c1-5-24-14-17-10-7-6-9-16(17)13-22-19(21-4)23-15-20(2,3)18-11-8-12-25-18/h6-12H,5,13-15H2,1-4H3,(H2,21,22,23). The zero-order valence-corrected chi connectivity index (χ0v) is 16.5. The molecule has 0 saturated carbocycles. The molecule has 5 heteroatoms.